The Labute approximate surface area is 363 Å². The zero-order valence-corrected chi connectivity index (χ0v) is 38.4. The molecule has 14 nitrogen and oxygen atoms in total. The Morgan fingerprint density at radius 3 is 2.41 bits per heavy atom. The number of aliphatic hydroxyl groups is 1. The molecule has 12 unspecified atom stereocenters. The molecule has 2 N–H and O–H groups in total. The van der Waals surface area contributed by atoms with Crippen LogP contribution in [0.5, 0.6) is 0 Å². The molecule has 0 spiro atoms. The van der Waals surface area contributed by atoms with Gasteiger partial charge in [-0.25, -0.2) is 9.78 Å². The maximum absolute atomic E-state index is 14.6. The summed E-state index contributed by atoms with van der Waals surface area (Å²) in [5.41, 5.74) is 1.36. The molecule has 3 fully saturated rings. The fourth-order valence-corrected chi connectivity index (χ4v) is 10.5. The Bertz CT molecular complexity index is 1720. The number of piperidine rings is 1. The number of ether oxygens (including phenoxy) is 5. The number of carbonyl (C=O) groups is 4. The lowest BCUT2D eigenvalue weighted by molar-refractivity contribution is -0.302. The molecule has 5 rings (SSSR count). The molecule has 0 aromatic carbocycles. The number of aromatic nitrogens is 2. The SMILES string of the molecule is CCC1C=C(C)CC(C)CC(OC)C2OC(O)(C(=O)C(=O)N3CCCCC3C(=O)OC(C(C)=CC3(N(C)c4ncc[nH]4)CCCC(OC)C3)C(C)CCC1=O)C(C)CC2OC. The van der Waals surface area contributed by atoms with Crippen molar-refractivity contribution in [3.8, 4) is 0 Å². The van der Waals surface area contributed by atoms with Crippen molar-refractivity contribution < 1.29 is 48.0 Å². The van der Waals surface area contributed by atoms with Crippen LogP contribution in [0.1, 0.15) is 125 Å². The second-order valence-corrected chi connectivity index (χ2v) is 18.6. The third kappa shape index (κ3) is 11.0. The molecule has 0 radical (unpaired) electrons. The molecule has 1 saturated carbocycles. The van der Waals surface area contributed by atoms with Crippen molar-refractivity contribution in [2.75, 3.05) is 39.8 Å². The third-order valence-corrected chi connectivity index (χ3v) is 14.2. The summed E-state index contributed by atoms with van der Waals surface area (Å²) in [6.45, 7) is 11.9. The summed E-state index contributed by atoms with van der Waals surface area (Å²) in [6.07, 6.45) is 12.8. The van der Waals surface area contributed by atoms with E-state index in [9.17, 15) is 24.3 Å². The minimum absolute atomic E-state index is 0.00226. The Morgan fingerprint density at radius 2 is 1.75 bits per heavy atom. The summed E-state index contributed by atoms with van der Waals surface area (Å²) in [7, 11) is 6.85. The highest BCUT2D eigenvalue weighted by molar-refractivity contribution is 6.39. The molecule has 4 aliphatic rings. The van der Waals surface area contributed by atoms with E-state index >= 15 is 0 Å². The van der Waals surface area contributed by atoms with Crippen molar-refractivity contribution in [3.05, 3.63) is 35.7 Å². The number of fused-ring (bicyclic) bond motifs is 3. The number of aromatic amines is 1. The molecule has 1 aromatic rings. The first-order valence-corrected chi connectivity index (χ1v) is 22.7. The normalized spacial score (nSPS) is 37.0. The molecule has 342 valence electrons. The Balaban J connectivity index is 1.57. The average Bonchev–Trinajstić information content (AvgIpc) is 3.80. The van der Waals surface area contributed by atoms with Crippen LogP contribution in [0.2, 0.25) is 0 Å². The molecule has 1 aromatic heterocycles. The van der Waals surface area contributed by atoms with Crippen LogP contribution in [-0.2, 0) is 42.9 Å². The second kappa shape index (κ2) is 21.3. The van der Waals surface area contributed by atoms with Crippen LogP contribution in [0.25, 0.3) is 0 Å². The van der Waals surface area contributed by atoms with E-state index in [2.05, 4.69) is 33.9 Å². The maximum Gasteiger partial charge on any atom is 0.329 e. The number of anilines is 1. The van der Waals surface area contributed by atoms with Gasteiger partial charge in [-0.1, -0.05) is 45.4 Å². The number of hydrogen-bond donors (Lipinski definition) is 2. The van der Waals surface area contributed by atoms with Gasteiger partial charge in [0.15, 0.2) is 0 Å². The standard InChI is InChI=1S/C47H74N4O10/c1-11-34-24-29(2)23-30(3)25-38(58-9)41-39(59-10)26-33(6)47(56,61-41)42(53)43(54)51-22-13-12-16-36(51)44(55)60-40(31(4)17-18-37(34)52)32(5)27-46(19-14-15-35(28-46)57-8)50(7)45-48-20-21-49-45/h20-21,24,27,30-31,33-36,38-41,56H,11-19,22-23,25-26,28H2,1-10H3,(H,48,49). The van der Waals surface area contributed by atoms with Gasteiger partial charge >= 0.3 is 5.97 Å². The summed E-state index contributed by atoms with van der Waals surface area (Å²) >= 11 is 0. The fourth-order valence-electron chi connectivity index (χ4n) is 10.5. The molecule has 12 atom stereocenters. The van der Waals surface area contributed by atoms with Gasteiger partial charge < -0.3 is 43.6 Å². The van der Waals surface area contributed by atoms with Crippen LogP contribution in [-0.4, -0.2) is 126 Å². The Morgan fingerprint density at radius 1 is 1.03 bits per heavy atom. The van der Waals surface area contributed by atoms with E-state index in [-0.39, 0.29) is 49.0 Å². The average molecular weight is 855 g/mol. The number of allylic oxidation sites excluding steroid dienone is 2. The van der Waals surface area contributed by atoms with E-state index < -0.39 is 65.4 Å². The maximum atomic E-state index is 14.6. The Hall–Kier alpha value is -3.43. The van der Waals surface area contributed by atoms with Gasteiger partial charge in [-0.3, -0.25) is 14.4 Å². The first-order chi connectivity index (χ1) is 29.0. The number of likely N-dealkylation sites (N-methyl/N-ethyl adjacent to an activating group) is 1. The predicted octanol–water partition coefficient (Wildman–Crippen LogP) is 6.51. The van der Waals surface area contributed by atoms with Crippen molar-refractivity contribution in [2.24, 2.45) is 23.7 Å². The van der Waals surface area contributed by atoms with Crippen molar-refractivity contribution in [1.29, 1.82) is 0 Å². The first kappa shape index (κ1) is 48.6. The van der Waals surface area contributed by atoms with Crippen LogP contribution in [0.4, 0.5) is 5.95 Å². The van der Waals surface area contributed by atoms with Crippen molar-refractivity contribution in [2.45, 2.75) is 173 Å². The molecule has 4 heterocycles. The molecular formula is C47H74N4O10. The van der Waals surface area contributed by atoms with Gasteiger partial charge in [-0.15, -0.1) is 0 Å². The number of esters is 1. The minimum atomic E-state index is -2.48. The molecule has 1 amide bonds. The monoisotopic (exact) mass is 855 g/mol. The van der Waals surface area contributed by atoms with E-state index in [1.54, 1.807) is 40.6 Å². The summed E-state index contributed by atoms with van der Waals surface area (Å²) < 4.78 is 30.6. The number of nitrogens with zero attached hydrogens (tertiary/aromatic N) is 3. The highest BCUT2D eigenvalue weighted by Gasteiger charge is 2.56. The van der Waals surface area contributed by atoms with Gasteiger partial charge in [0.1, 0.15) is 24.0 Å². The number of carbonyl (C=O) groups excluding carboxylic acids is 4. The quantitative estimate of drug-likeness (QED) is 0.165. The summed E-state index contributed by atoms with van der Waals surface area (Å²) in [4.78, 5) is 68.6. The van der Waals surface area contributed by atoms with Crippen LogP contribution >= 0.6 is 0 Å². The molecule has 3 aliphatic heterocycles. The van der Waals surface area contributed by atoms with E-state index in [0.717, 1.165) is 30.4 Å². The zero-order chi connectivity index (χ0) is 44.6. The number of hydrogen-bond acceptors (Lipinski definition) is 12. The number of amides is 1. The lowest BCUT2D eigenvalue weighted by Crippen LogP contribution is -2.64. The number of imidazole rings is 1. The number of cyclic esters (lactones) is 1. The smallest absolute Gasteiger partial charge is 0.329 e. The van der Waals surface area contributed by atoms with Gasteiger partial charge in [-0.05, 0) is 102 Å². The van der Waals surface area contributed by atoms with E-state index in [0.29, 0.717) is 57.3 Å². The van der Waals surface area contributed by atoms with Gasteiger partial charge in [0.25, 0.3) is 11.7 Å². The second-order valence-electron chi connectivity index (χ2n) is 18.6. The lowest BCUT2D eigenvalue weighted by Gasteiger charge is -2.47. The topological polar surface area (TPSA) is 170 Å². The van der Waals surface area contributed by atoms with Gasteiger partial charge in [0.05, 0.1) is 23.9 Å². The molecule has 2 saturated heterocycles. The van der Waals surface area contributed by atoms with E-state index in [4.69, 9.17) is 23.7 Å². The summed E-state index contributed by atoms with van der Waals surface area (Å²) in [5, 5.41) is 12.1. The molecular weight excluding hydrogens is 781 g/mol. The third-order valence-electron chi connectivity index (χ3n) is 14.2. The molecule has 61 heavy (non-hydrogen) atoms. The number of rotatable bonds is 8. The van der Waals surface area contributed by atoms with Crippen molar-refractivity contribution >= 4 is 29.4 Å². The highest BCUT2D eigenvalue weighted by Crippen LogP contribution is 2.41. The Kier molecular flexibility index (Phi) is 17.0. The van der Waals surface area contributed by atoms with E-state index in [1.807, 2.05) is 34.7 Å². The van der Waals surface area contributed by atoms with Crippen LogP contribution in [0.3, 0.4) is 0 Å². The van der Waals surface area contributed by atoms with Gasteiger partial charge in [0, 0.05) is 72.0 Å². The summed E-state index contributed by atoms with van der Waals surface area (Å²) in [6, 6.07) is -1.06. The van der Waals surface area contributed by atoms with Crippen molar-refractivity contribution in [3.63, 3.8) is 0 Å². The molecule has 14 heteroatoms. The van der Waals surface area contributed by atoms with Crippen LogP contribution < -0.4 is 4.90 Å². The number of nitrogens with one attached hydrogen (secondary N) is 1. The highest BCUT2D eigenvalue weighted by atomic mass is 16.7. The largest absolute Gasteiger partial charge is 0.456 e. The summed E-state index contributed by atoms with van der Waals surface area (Å²) in [5.74, 6) is -5.65. The number of Topliss-reactive ketones (excluding diaryl/α,β-unsaturated/α-hetero) is 2. The van der Waals surface area contributed by atoms with Crippen LogP contribution in [0.15, 0.2) is 35.7 Å². The zero-order valence-electron chi connectivity index (χ0n) is 38.4. The van der Waals surface area contributed by atoms with Gasteiger partial charge in [-0.2, -0.15) is 0 Å². The number of ketones is 2. The predicted molar refractivity (Wildman–Crippen MR) is 232 cm³/mol. The number of methoxy groups -OCH3 is 3. The molecule has 1 aliphatic carbocycles. The van der Waals surface area contributed by atoms with Crippen LogP contribution in [0, 0.1) is 23.7 Å². The van der Waals surface area contributed by atoms with Crippen molar-refractivity contribution in [1.82, 2.24) is 14.9 Å². The lowest BCUT2D eigenvalue weighted by atomic mass is 9.76. The molecule has 2 bridgehead atoms. The minimum Gasteiger partial charge on any atom is -0.456 e. The van der Waals surface area contributed by atoms with E-state index in [1.165, 1.54) is 4.90 Å². The van der Waals surface area contributed by atoms with Gasteiger partial charge in [0.2, 0.25) is 11.7 Å². The number of H-pyrrole nitrogens is 1. The fraction of sp³-hybridized carbons (Fsp3) is 0.766. The first-order valence-electron chi connectivity index (χ1n) is 22.7.